The number of carbonyl (C=O) groups excluding carboxylic acids is 2. The topological polar surface area (TPSA) is 93.2 Å². The van der Waals surface area contributed by atoms with E-state index in [9.17, 15) is 14.4 Å². The molecule has 1 atom stereocenters. The number of hydrogen-bond donors (Lipinski definition) is 2. The Morgan fingerprint density at radius 2 is 1.77 bits per heavy atom. The number of aryl methyl sites for hydroxylation is 1. The maximum atomic E-state index is 12.5. The van der Waals surface area contributed by atoms with Crippen molar-refractivity contribution in [2.45, 2.75) is 39.3 Å². The van der Waals surface area contributed by atoms with Crippen LogP contribution in [0.25, 0.3) is 11.0 Å². The lowest BCUT2D eigenvalue weighted by Gasteiger charge is -2.21. The highest BCUT2D eigenvalue weighted by molar-refractivity contribution is 5.85. The van der Waals surface area contributed by atoms with E-state index in [1.807, 2.05) is 68.4 Å². The summed E-state index contributed by atoms with van der Waals surface area (Å²) in [5.74, 6) is -0.784. The van der Waals surface area contributed by atoms with E-state index in [2.05, 4.69) is 10.3 Å². The van der Waals surface area contributed by atoms with E-state index in [1.54, 1.807) is 4.57 Å². The molecule has 3 rings (SSSR count). The highest BCUT2D eigenvalue weighted by Gasteiger charge is 2.25. The Balaban J connectivity index is 1.50. The minimum Gasteiger partial charge on any atom is -0.464 e. The number of carbonyl (C=O) groups is 2. The summed E-state index contributed by atoms with van der Waals surface area (Å²) in [6, 6.07) is 16.1. The molecule has 1 amide bonds. The zero-order valence-electron chi connectivity index (χ0n) is 17.3. The zero-order chi connectivity index (χ0) is 21.5. The van der Waals surface area contributed by atoms with Crippen LogP contribution in [-0.2, 0) is 27.3 Å². The van der Waals surface area contributed by atoms with Gasteiger partial charge in [-0.2, -0.15) is 0 Å². The number of para-hydroxylation sites is 2. The molecule has 1 aromatic heterocycles. The van der Waals surface area contributed by atoms with Crippen LogP contribution in [0.15, 0.2) is 59.4 Å². The number of esters is 1. The predicted molar refractivity (Wildman–Crippen MR) is 115 cm³/mol. The molecule has 0 bridgehead atoms. The summed E-state index contributed by atoms with van der Waals surface area (Å²) in [4.78, 5) is 39.7. The number of fused-ring (bicyclic) bond motifs is 1. The Morgan fingerprint density at radius 3 is 2.50 bits per heavy atom. The van der Waals surface area contributed by atoms with Crippen molar-refractivity contribution < 1.29 is 14.3 Å². The van der Waals surface area contributed by atoms with Gasteiger partial charge in [0.05, 0.1) is 24.1 Å². The molecule has 3 aromatic rings. The number of aromatic amines is 1. The maximum Gasteiger partial charge on any atom is 0.328 e. The van der Waals surface area contributed by atoms with E-state index in [0.717, 1.165) is 16.6 Å². The highest BCUT2D eigenvalue weighted by atomic mass is 16.5. The number of rotatable bonds is 9. The monoisotopic (exact) mass is 409 g/mol. The number of nitrogens with one attached hydrogen (secondary N) is 2. The second kappa shape index (κ2) is 9.91. The van der Waals surface area contributed by atoms with Crippen molar-refractivity contribution in [2.24, 2.45) is 5.92 Å². The van der Waals surface area contributed by atoms with Gasteiger partial charge in [-0.05, 0) is 30.0 Å². The number of H-pyrrole nitrogens is 1. The molecule has 0 saturated carbocycles. The summed E-state index contributed by atoms with van der Waals surface area (Å²) < 4.78 is 7.02. The van der Waals surface area contributed by atoms with Gasteiger partial charge in [-0.15, -0.1) is 0 Å². The van der Waals surface area contributed by atoms with Gasteiger partial charge in [0.1, 0.15) is 6.04 Å². The van der Waals surface area contributed by atoms with Crippen LogP contribution in [0.1, 0.15) is 25.8 Å². The molecule has 30 heavy (non-hydrogen) atoms. The molecule has 0 fully saturated rings. The normalized spacial score (nSPS) is 12.1. The maximum absolute atomic E-state index is 12.5. The van der Waals surface area contributed by atoms with Gasteiger partial charge in [-0.25, -0.2) is 9.59 Å². The first-order valence-electron chi connectivity index (χ1n) is 10.1. The number of nitrogens with zero attached hydrogens (tertiary/aromatic N) is 1. The van der Waals surface area contributed by atoms with Gasteiger partial charge in [0.15, 0.2) is 0 Å². The summed E-state index contributed by atoms with van der Waals surface area (Å²) in [6.45, 7) is 4.33. The van der Waals surface area contributed by atoms with Gasteiger partial charge in [0.2, 0.25) is 5.91 Å². The first-order chi connectivity index (χ1) is 14.5. The van der Waals surface area contributed by atoms with Gasteiger partial charge < -0.3 is 15.0 Å². The Bertz CT molecular complexity index is 1050. The Kier molecular flexibility index (Phi) is 7.06. The molecule has 0 aliphatic carbocycles. The molecule has 0 radical (unpaired) electrons. The zero-order valence-corrected chi connectivity index (χ0v) is 17.3. The van der Waals surface area contributed by atoms with E-state index in [0.29, 0.717) is 13.0 Å². The second-order valence-corrected chi connectivity index (χ2v) is 7.57. The smallest absolute Gasteiger partial charge is 0.328 e. The van der Waals surface area contributed by atoms with Crippen molar-refractivity contribution in [1.82, 2.24) is 14.9 Å². The van der Waals surface area contributed by atoms with Crippen molar-refractivity contribution >= 4 is 22.9 Å². The van der Waals surface area contributed by atoms with E-state index in [4.69, 9.17) is 4.74 Å². The van der Waals surface area contributed by atoms with Crippen LogP contribution >= 0.6 is 0 Å². The molecule has 2 N–H and O–H groups in total. The molecule has 158 valence electrons. The average molecular weight is 409 g/mol. The predicted octanol–water partition coefficient (Wildman–Crippen LogP) is 2.65. The first kappa shape index (κ1) is 21.4. The van der Waals surface area contributed by atoms with Crippen LogP contribution in [0.4, 0.5) is 0 Å². The van der Waals surface area contributed by atoms with Crippen LogP contribution in [0.2, 0.25) is 0 Å². The molecular formula is C23H27N3O4. The Labute approximate surface area is 175 Å². The summed E-state index contributed by atoms with van der Waals surface area (Å²) in [6.07, 6.45) is 0.705. The summed E-state index contributed by atoms with van der Waals surface area (Å²) in [5.41, 5.74) is 2.30. The molecule has 0 saturated heterocycles. The third kappa shape index (κ3) is 5.37. The molecule has 2 aromatic carbocycles. The fourth-order valence-corrected chi connectivity index (χ4v) is 3.32. The van der Waals surface area contributed by atoms with Gasteiger partial charge in [0, 0.05) is 6.54 Å². The Morgan fingerprint density at radius 1 is 1.07 bits per heavy atom. The number of imidazole rings is 1. The average Bonchev–Trinajstić information content (AvgIpc) is 3.05. The molecule has 0 aliphatic rings. The van der Waals surface area contributed by atoms with Crippen LogP contribution in [0, 0.1) is 5.92 Å². The van der Waals surface area contributed by atoms with Gasteiger partial charge in [-0.1, -0.05) is 56.3 Å². The molecule has 1 heterocycles. The highest BCUT2D eigenvalue weighted by Crippen LogP contribution is 2.10. The van der Waals surface area contributed by atoms with Crippen LogP contribution < -0.4 is 11.0 Å². The second-order valence-electron chi connectivity index (χ2n) is 7.57. The standard InChI is InChI=1S/C23H27N3O4/c1-16(2)21(25-20(27)15-17-9-4-3-5-10-17)22(28)30-14-8-13-26-19-12-7-6-11-18(19)24-23(26)29/h3-7,9-12,16,21H,8,13-15H2,1-2H3,(H,24,29)(H,25,27)/t21-/m0/s1. The quantitative estimate of drug-likeness (QED) is 0.420. The first-order valence-corrected chi connectivity index (χ1v) is 10.1. The summed E-state index contributed by atoms with van der Waals surface area (Å²) in [7, 11) is 0. The van der Waals surface area contributed by atoms with Crippen LogP contribution in [0.3, 0.4) is 0 Å². The van der Waals surface area contributed by atoms with E-state index >= 15 is 0 Å². The van der Waals surface area contributed by atoms with Gasteiger partial charge in [0.25, 0.3) is 0 Å². The number of aromatic nitrogens is 2. The minimum absolute atomic E-state index is 0.103. The number of hydrogen-bond acceptors (Lipinski definition) is 4. The Hall–Kier alpha value is -3.35. The third-order valence-electron chi connectivity index (χ3n) is 4.90. The lowest BCUT2D eigenvalue weighted by Crippen LogP contribution is -2.46. The van der Waals surface area contributed by atoms with Crippen molar-refractivity contribution in [3.8, 4) is 0 Å². The van der Waals surface area contributed by atoms with Crippen molar-refractivity contribution in [1.29, 1.82) is 0 Å². The van der Waals surface area contributed by atoms with Crippen molar-refractivity contribution in [3.05, 3.63) is 70.6 Å². The van der Waals surface area contributed by atoms with Gasteiger partial charge in [-0.3, -0.25) is 9.36 Å². The third-order valence-corrected chi connectivity index (χ3v) is 4.90. The van der Waals surface area contributed by atoms with Crippen LogP contribution in [-0.4, -0.2) is 34.1 Å². The molecule has 7 nitrogen and oxygen atoms in total. The van der Waals surface area contributed by atoms with E-state index in [1.165, 1.54) is 0 Å². The lowest BCUT2D eigenvalue weighted by atomic mass is 10.0. The molecule has 0 spiro atoms. The van der Waals surface area contributed by atoms with Crippen molar-refractivity contribution in [2.75, 3.05) is 6.61 Å². The van der Waals surface area contributed by atoms with E-state index in [-0.39, 0.29) is 30.5 Å². The van der Waals surface area contributed by atoms with E-state index < -0.39 is 12.0 Å². The molecular weight excluding hydrogens is 382 g/mol. The minimum atomic E-state index is -0.711. The lowest BCUT2D eigenvalue weighted by molar-refractivity contribution is -0.149. The van der Waals surface area contributed by atoms with Crippen LogP contribution in [0.5, 0.6) is 0 Å². The van der Waals surface area contributed by atoms with Gasteiger partial charge >= 0.3 is 11.7 Å². The summed E-state index contributed by atoms with van der Waals surface area (Å²) >= 11 is 0. The molecule has 7 heteroatoms. The fourth-order valence-electron chi connectivity index (χ4n) is 3.32. The molecule has 0 unspecified atom stereocenters. The SMILES string of the molecule is CC(C)[C@H](NC(=O)Cc1ccccc1)C(=O)OCCCn1c(=O)[nH]c2ccccc21. The number of ether oxygens (including phenoxy) is 1. The number of benzene rings is 2. The number of amides is 1. The van der Waals surface area contributed by atoms with Crippen molar-refractivity contribution in [3.63, 3.8) is 0 Å². The summed E-state index contributed by atoms with van der Waals surface area (Å²) in [5, 5.41) is 2.78. The largest absolute Gasteiger partial charge is 0.464 e. The fraction of sp³-hybridized carbons (Fsp3) is 0.348. The molecule has 0 aliphatic heterocycles.